The van der Waals surface area contributed by atoms with Gasteiger partial charge in [0.2, 0.25) is 0 Å². The Balaban J connectivity index is 2.11. The molecule has 0 aromatic carbocycles. The molecule has 2 heteroatoms. The number of allylic oxidation sites excluding steroid dienone is 1. The predicted molar refractivity (Wildman–Crippen MR) is 40.8 cm³/mol. The van der Waals surface area contributed by atoms with Gasteiger partial charge in [0.25, 0.3) is 6.47 Å². The third-order valence-corrected chi connectivity index (χ3v) is 2.98. The van der Waals surface area contributed by atoms with E-state index in [1.807, 2.05) is 0 Å². The molecular formula is C9H12O2. The van der Waals surface area contributed by atoms with Gasteiger partial charge < -0.3 is 4.74 Å². The largest absolute Gasteiger partial charge is 0.464 e. The first kappa shape index (κ1) is 6.89. The molecule has 3 unspecified atom stereocenters. The predicted octanol–water partition coefficient (Wildman–Crippen LogP) is 1.37. The summed E-state index contributed by atoms with van der Waals surface area (Å²) in [6, 6.07) is 0. The van der Waals surface area contributed by atoms with Gasteiger partial charge in [-0.05, 0) is 18.3 Å². The Hall–Kier alpha value is -0.790. The zero-order valence-corrected chi connectivity index (χ0v) is 6.57. The van der Waals surface area contributed by atoms with Gasteiger partial charge in [-0.1, -0.05) is 19.1 Å². The average molecular weight is 152 g/mol. The fraction of sp³-hybridized carbons (Fsp3) is 0.667. The van der Waals surface area contributed by atoms with Gasteiger partial charge in [-0.15, -0.1) is 0 Å². The van der Waals surface area contributed by atoms with Crippen molar-refractivity contribution in [2.75, 3.05) is 0 Å². The molecule has 4 atom stereocenters. The van der Waals surface area contributed by atoms with Crippen molar-refractivity contribution in [3.05, 3.63) is 12.2 Å². The number of rotatable bonds is 2. The van der Waals surface area contributed by atoms with Crippen molar-refractivity contribution < 1.29 is 9.53 Å². The first-order valence-electron chi connectivity index (χ1n) is 4.10. The molecule has 0 radical (unpaired) electrons. The van der Waals surface area contributed by atoms with E-state index in [4.69, 9.17) is 4.74 Å². The maximum atomic E-state index is 10.1. The van der Waals surface area contributed by atoms with Gasteiger partial charge in [0.1, 0.15) is 6.10 Å². The van der Waals surface area contributed by atoms with Gasteiger partial charge in [-0.2, -0.15) is 0 Å². The van der Waals surface area contributed by atoms with Crippen molar-refractivity contribution in [3.63, 3.8) is 0 Å². The van der Waals surface area contributed by atoms with Crippen LogP contribution in [0.4, 0.5) is 0 Å². The third-order valence-electron chi connectivity index (χ3n) is 2.98. The van der Waals surface area contributed by atoms with Crippen LogP contribution in [0.25, 0.3) is 0 Å². The van der Waals surface area contributed by atoms with Gasteiger partial charge >= 0.3 is 0 Å². The Morgan fingerprint density at radius 2 is 2.18 bits per heavy atom. The molecule has 0 aromatic heterocycles. The fourth-order valence-corrected chi connectivity index (χ4v) is 2.31. The highest BCUT2D eigenvalue weighted by Crippen LogP contribution is 2.44. The van der Waals surface area contributed by atoms with Crippen LogP contribution in [0.5, 0.6) is 0 Å². The van der Waals surface area contributed by atoms with Gasteiger partial charge in [-0.25, -0.2) is 0 Å². The van der Waals surface area contributed by atoms with Crippen LogP contribution in [0.2, 0.25) is 0 Å². The molecule has 1 fully saturated rings. The Morgan fingerprint density at radius 1 is 1.45 bits per heavy atom. The molecule has 0 saturated heterocycles. The third kappa shape index (κ3) is 0.889. The van der Waals surface area contributed by atoms with E-state index in [1.165, 1.54) is 6.42 Å². The summed E-state index contributed by atoms with van der Waals surface area (Å²) in [7, 11) is 0. The normalized spacial score (nSPS) is 46.3. The van der Waals surface area contributed by atoms with Crippen LogP contribution >= 0.6 is 0 Å². The van der Waals surface area contributed by atoms with Crippen LogP contribution in [0.15, 0.2) is 12.2 Å². The van der Waals surface area contributed by atoms with Crippen molar-refractivity contribution in [2.24, 2.45) is 17.8 Å². The number of fused-ring (bicyclic) bond motifs is 2. The Morgan fingerprint density at radius 3 is 2.73 bits per heavy atom. The first-order valence-corrected chi connectivity index (χ1v) is 4.10. The molecule has 2 bridgehead atoms. The second kappa shape index (κ2) is 2.36. The summed E-state index contributed by atoms with van der Waals surface area (Å²) in [5.74, 6) is 1.68. The maximum Gasteiger partial charge on any atom is 0.293 e. The first-order chi connectivity index (χ1) is 5.33. The summed E-state index contributed by atoms with van der Waals surface area (Å²) in [5.41, 5.74) is 0. The van der Waals surface area contributed by atoms with E-state index >= 15 is 0 Å². The Labute approximate surface area is 66.2 Å². The van der Waals surface area contributed by atoms with E-state index < -0.39 is 0 Å². The highest BCUT2D eigenvalue weighted by Gasteiger charge is 2.43. The van der Waals surface area contributed by atoms with E-state index in [0.29, 0.717) is 24.2 Å². The zero-order valence-electron chi connectivity index (χ0n) is 6.57. The number of hydrogen-bond acceptors (Lipinski definition) is 2. The molecule has 0 spiro atoms. The Kier molecular flexibility index (Phi) is 1.48. The molecule has 2 rings (SSSR count). The smallest absolute Gasteiger partial charge is 0.293 e. The minimum atomic E-state index is 0.155. The van der Waals surface area contributed by atoms with Gasteiger partial charge in [0.15, 0.2) is 0 Å². The van der Waals surface area contributed by atoms with E-state index in [2.05, 4.69) is 19.1 Å². The molecule has 0 aliphatic heterocycles. The van der Waals surface area contributed by atoms with Gasteiger partial charge in [-0.3, -0.25) is 4.79 Å². The summed E-state index contributed by atoms with van der Waals surface area (Å²) in [4.78, 5) is 10.1. The molecule has 0 N–H and O–H groups in total. The lowest BCUT2D eigenvalue weighted by molar-refractivity contribution is -0.136. The molecule has 2 nitrogen and oxygen atoms in total. The van der Waals surface area contributed by atoms with Crippen LogP contribution in [0.3, 0.4) is 0 Å². The minimum absolute atomic E-state index is 0.155. The lowest BCUT2D eigenvalue weighted by Crippen LogP contribution is -2.25. The summed E-state index contributed by atoms with van der Waals surface area (Å²) < 4.78 is 5.02. The van der Waals surface area contributed by atoms with Crippen molar-refractivity contribution in [2.45, 2.75) is 19.4 Å². The second-order valence-corrected chi connectivity index (χ2v) is 3.50. The summed E-state index contributed by atoms with van der Waals surface area (Å²) >= 11 is 0. The number of carbonyl (C=O) groups excluding carboxylic acids is 1. The monoisotopic (exact) mass is 152 g/mol. The quantitative estimate of drug-likeness (QED) is 0.441. The Bertz CT molecular complexity index is 198. The summed E-state index contributed by atoms with van der Waals surface area (Å²) in [6.45, 7) is 2.73. The van der Waals surface area contributed by atoms with Crippen LogP contribution in [0.1, 0.15) is 13.3 Å². The molecule has 0 aromatic rings. The van der Waals surface area contributed by atoms with Crippen molar-refractivity contribution in [3.8, 4) is 0 Å². The van der Waals surface area contributed by atoms with Crippen LogP contribution in [-0.4, -0.2) is 12.6 Å². The molecule has 60 valence electrons. The SMILES string of the molecule is C[C@@H]1C2C=CC(C2)C1OC=O. The number of ether oxygens (including phenoxy) is 1. The highest BCUT2D eigenvalue weighted by atomic mass is 16.5. The molecular weight excluding hydrogens is 140 g/mol. The van der Waals surface area contributed by atoms with Crippen LogP contribution < -0.4 is 0 Å². The minimum Gasteiger partial charge on any atom is -0.464 e. The van der Waals surface area contributed by atoms with E-state index in [-0.39, 0.29) is 6.10 Å². The van der Waals surface area contributed by atoms with E-state index in [9.17, 15) is 4.79 Å². The van der Waals surface area contributed by atoms with Crippen molar-refractivity contribution in [1.82, 2.24) is 0 Å². The molecule has 1 saturated carbocycles. The lowest BCUT2D eigenvalue weighted by Gasteiger charge is -2.22. The molecule has 2 aliphatic carbocycles. The summed E-state index contributed by atoms with van der Waals surface area (Å²) in [5, 5.41) is 0. The second-order valence-electron chi connectivity index (χ2n) is 3.50. The van der Waals surface area contributed by atoms with E-state index in [1.54, 1.807) is 0 Å². The molecule has 2 aliphatic rings. The van der Waals surface area contributed by atoms with Gasteiger partial charge in [0.05, 0.1) is 0 Å². The number of hydrogen-bond donors (Lipinski definition) is 0. The van der Waals surface area contributed by atoms with Gasteiger partial charge in [0, 0.05) is 5.92 Å². The van der Waals surface area contributed by atoms with E-state index in [0.717, 1.165) is 0 Å². The fourth-order valence-electron chi connectivity index (χ4n) is 2.31. The molecule has 0 amide bonds. The lowest BCUT2D eigenvalue weighted by atomic mass is 9.93. The van der Waals surface area contributed by atoms with Crippen molar-refractivity contribution >= 4 is 6.47 Å². The maximum absolute atomic E-state index is 10.1. The summed E-state index contributed by atoms with van der Waals surface area (Å²) in [6.07, 6.45) is 5.76. The average Bonchev–Trinajstić information content (AvgIpc) is 2.54. The molecule has 0 heterocycles. The number of carbonyl (C=O) groups is 1. The van der Waals surface area contributed by atoms with Crippen LogP contribution in [0, 0.1) is 17.8 Å². The molecule has 11 heavy (non-hydrogen) atoms. The van der Waals surface area contributed by atoms with Crippen molar-refractivity contribution in [1.29, 1.82) is 0 Å². The van der Waals surface area contributed by atoms with Crippen LogP contribution in [-0.2, 0) is 9.53 Å². The zero-order chi connectivity index (χ0) is 7.84. The highest BCUT2D eigenvalue weighted by molar-refractivity contribution is 5.38. The topological polar surface area (TPSA) is 26.3 Å². The standard InChI is InChI=1S/C9H12O2/c1-6-7-2-3-8(4-7)9(6)11-5-10/h2-3,5-9H,4H2,1H3/t6-,7?,8?,9?/m1/s1.